The molecule has 3 heteroatoms. The zero-order valence-corrected chi connectivity index (χ0v) is 13.2. The molecule has 22 heavy (non-hydrogen) atoms. The molecule has 3 nitrogen and oxygen atoms in total. The van der Waals surface area contributed by atoms with Gasteiger partial charge in [0.1, 0.15) is 0 Å². The first-order valence-corrected chi connectivity index (χ1v) is 8.46. The van der Waals surface area contributed by atoms with Crippen LogP contribution in [0.4, 0.5) is 0 Å². The second kappa shape index (κ2) is 5.54. The molecule has 0 bridgehead atoms. The summed E-state index contributed by atoms with van der Waals surface area (Å²) < 4.78 is 5.78. The van der Waals surface area contributed by atoms with Crippen LogP contribution in [0.1, 0.15) is 55.7 Å². The van der Waals surface area contributed by atoms with Crippen LogP contribution >= 0.6 is 0 Å². The number of nitrogens with zero attached hydrogens (tertiary/aromatic N) is 1. The molecular formula is C19H23NO2. The predicted molar refractivity (Wildman–Crippen MR) is 85.3 cm³/mol. The number of hydrogen-bond acceptors (Lipinski definition) is 2. The molecule has 1 aliphatic heterocycles. The topological polar surface area (TPSA) is 29.5 Å². The molecule has 1 aromatic rings. The third-order valence-corrected chi connectivity index (χ3v) is 5.45. The van der Waals surface area contributed by atoms with Crippen LogP contribution in [0, 0.1) is 0 Å². The zero-order chi connectivity index (χ0) is 15.1. The van der Waals surface area contributed by atoms with E-state index in [0.29, 0.717) is 0 Å². The van der Waals surface area contributed by atoms with Gasteiger partial charge in [-0.2, -0.15) is 0 Å². The minimum atomic E-state index is -0.140. The molecule has 0 saturated heterocycles. The van der Waals surface area contributed by atoms with Gasteiger partial charge in [-0.15, -0.1) is 0 Å². The van der Waals surface area contributed by atoms with Gasteiger partial charge >= 0.3 is 0 Å². The highest BCUT2D eigenvalue weighted by Gasteiger charge is 2.44. The van der Waals surface area contributed by atoms with E-state index in [-0.39, 0.29) is 18.2 Å². The second-order valence-electron chi connectivity index (χ2n) is 6.62. The maximum Gasteiger partial charge on any atom is 0.252 e. The molecule has 3 aliphatic rings. The molecule has 2 aliphatic carbocycles. The van der Waals surface area contributed by atoms with E-state index in [1.807, 2.05) is 4.90 Å². The van der Waals surface area contributed by atoms with Gasteiger partial charge in [0.25, 0.3) is 5.91 Å². The number of benzene rings is 1. The van der Waals surface area contributed by atoms with Crippen molar-refractivity contribution >= 4 is 5.91 Å². The van der Waals surface area contributed by atoms with Crippen molar-refractivity contribution in [2.24, 2.45) is 0 Å². The molecule has 0 fully saturated rings. The Labute approximate surface area is 132 Å². The summed E-state index contributed by atoms with van der Waals surface area (Å²) >= 11 is 0. The monoisotopic (exact) mass is 297 g/mol. The van der Waals surface area contributed by atoms with Gasteiger partial charge < -0.3 is 9.64 Å². The lowest BCUT2D eigenvalue weighted by Crippen LogP contribution is -2.41. The Kier molecular flexibility index (Phi) is 3.53. The Bertz CT molecular complexity index is 634. The highest BCUT2D eigenvalue weighted by Crippen LogP contribution is 2.44. The SMILES string of the molecule is CO[C@@H]1C2=C(CCCC2)C(=O)N1[C@@H]1CCCc2ccccc21. The fourth-order valence-corrected chi connectivity index (χ4v) is 4.45. The van der Waals surface area contributed by atoms with Crippen LogP contribution in [-0.4, -0.2) is 24.1 Å². The quantitative estimate of drug-likeness (QED) is 0.832. The lowest BCUT2D eigenvalue weighted by Gasteiger charge is -2.37. The molecular weight excluding hydrogens is 274 g/mol. The first kappa shape index (κ1) is 14.0. The third-order valence-electron chi connectivity index (χ3n) is 5.45. The number of aryl methyl sites for hydroxylation is 1. The van der Waals surface area contributed by atoms with E-state index >= 15 is 0 Å². The standard InChI is InChI=1S/C19H23NO2/c1-22-19-16-11-5-4-10-15(16)18(21)20(19)17-12-6-8-13-7-2-3-9-14(13)17/h2-3,7,9,17,19H,4-6,8,10-12H2,1H3/t17-,19-/m1/s1. The van der Waals surface area contributed by atoms with E-state index in [0.717, 1.165) is 44.1 Å². The smallest absolute Gasteiger partial charge is 0.252 e. The largest absolute Gasteiger partial charge is 0.357 e. The molecule has 4 rings (SSSR count). The summed E-state index contributed by atoms with van der Waals surface area (Å²) in [5, 5.41) is 0. The Morgan fingerprint density at radius 1 is 1.09 bits per heavy atom. The molecule has 0 radical (unpaired) electrons. The van der Waals surface area contributed by atoms with E-state index in [1.54, 1.807) is 7.11 Å². The van der Waals surface area contributed by atoms with Crippen molar-refractivity contribution in [2.45, 2.75) is 57.2 Å². The van der Waals surface area contributed by atoms with Crippen molar-refractivity contribution in [1.82, 2.24) is 4.90 Å². The molecule has 0 spiro atoms. The Hall–Kier alpha value is -1.61. The summed E-state index contributed by atoms with van der Waals surface area (Å²) in [4.78, 5) is 15.0. The summed E-state index contributed by atoms with van der Waals surface area (Å²) in [6.45, 7) is 0. The van der Waals surface area contributed by atoms with Crippen molar-refractivity contribution in [3.8, 4) is 0 Å². The van der Waals surface area contributed by atoms with Crippen LogP contribution in [0.3, 0.4) is 0 Å². The number of carbonyl (C=O) groups is 1. The van der Waals surface area contributed by atoms with Gasteiger partial charge in [-0.3, -0.25) is 4.79 Å². The minimum Gasteiger partial charge on any atom is -0.357 e. The molecule has 1 amide bonds. The average Bonchev–Trinajstić information content (AvgIpc) is 2.87. The van der Waals surface area contributed by atoms with E-state index in [9.17, 15) is 4.79 Å². The highest BCUT2D eigenvalue weighted by atomic mass is 16.5. The Balaban J connectivity index is 1.73. The van der Waals surface area contributed by atoms with Gasteiger partial charge in [0.05, 0.1) is 6.04 Å². The number of fused-ring (bicyclic) bond motifs is 1. The Morgan fingerprint density at radius 3 is 2.77 bits per heavy atom. The number of carbonyl (C=O) groups excluding carboxylic acids is 1. The number of ether oxygens (including phenoxy) is 1. The van der Waals surface area contributed by atoms with Crippen LogP contribution in [0.2, 0.25) is 0 Å². The summed E-state index contributed by atoms with van der Waals surface area (Å²) in [6, 6.07) is 8.76. The van der Waals surface area contributed by atoms with Crippen molar-refractivity contribution in [3.63, 3.8) is 0 Å². The number of amides is 1. The fraction of sp³-hybridized carbons (Fsp3) is 0.526. The molecule has 0 aromatic heterocycles. The van der Waals surface area contributed by atoms with E-state index in [2.05, 4.69) is 24.3 Å². The first-order chi connectivity index (χ1) is 10.8. The predicted octanol–water partition coefficient (Wildman–Crippen LogP) is 3.75. The Morgan fingerprint density at radius 2 is 1.91 bits per heavy atom. The molecule has 0 unspecified atom stereocenters. The van der Waals surface area contributed by atoms with Crippen molar-refractivity contribution in [1.29, 1.82) is 0 Å². The summed E-state index contributed by atoms with van der Waals surface area (Å²) in [5.41, 5.74) is 5.01. The first-order valence-electron chi connectivity index (χ1n) is 8.46. The van der Waals surface area contributed by atoms with Crippen molar-refractivity contribution in [3.05, 3.63) is 46.5 Å². The number of rotatable bonds is 2. The van der Waals surface area contributed by atoms with Crippen LogP contribution in [-0.2, 0) is 16.0 Å². The van der Waals surface area contributed by atoms with Gasteiger partial charge in [0.2, 0.25) is 0 Å². The maximum atomic E-state index is 13.0. The molecule has 0 saturated carbocycles. The van der Waals surface area contributed by atoms with E-state index in [4.69, 9.17) is 4.74 Å². The van der Waals surface area contributed by atoms with Gasteiger partial charge in [-0.25, -0.2) is 0 Å². The normalized spacial score (nSPS) is 27.9. The summed E-state index contributed by atoms with van der Waals surface area (Å²) in [6.07, 6.45) is 7.44. The zero-order valence-electron chi connectivity index (χ0n) is 13.2. The van der Waals surface area contributed by atoms with E-state index in [1.165, 1.54) is 23.1 Å². The van der Waals surface area contributed by atoms with E-state index < -0.39 is 0 Å². The third kappa shape index (κ3) is 2.03. The molecule has 1 aromatic carbocycles. The average molecular weight is 297 g/mol. The fourth-order valence-electron chi connectivity index (χ4n) is 4.45. The lowest BCUT2D eigenvalue weighted by molar-refractivity contribution is -0.138. The minimum absolute atomic E-state index is 0.140. The molecule has 2 atom stereocenters. The highest BCUT2D eigenvalue weighted by molar-refractivity contribution is 5.98. The summed E-state index contributed by atoms with van der Waals surface area (Å²) in [7, 11) is 1.74. The maximum absolute atomic E-state index is 13.0. The van der Waals surface area contributed by atoms with Gasteiger partial charge in [0, 0.05) is 12.7 Å². The van der Waals surface area contributed by atoms with Crippen molar-refractivity contribution in [2.75, 3.05) is 7.11 Å². The van der Waals surface area contributed by atoms with Gasteiger partial charge in [-0.05, 0) is 61.6 Å². The van der Waals surface area contributed by atoms with Gasteiger partial charge in [-0.1, -0.05) is 24.3 Å². The second-order valence-corrected chi connectivity index (χ2v) is 6.62. The van der Waals surface area contributed by atoms with Crippen LogP contribution < -0.4 is 0 Å². The van der Waals surface area contributed by atoms with Gasteiger partial charge in [0.15, 0.2) is 6.23 Å². The number of methoxy groups -OCH3 is 1. The molecule has 1 heterocycles. The molecule has 116 valence electrons. The van der Waals surface area contributed by atoms with Crippen molar-refractivity contribution < 1.29 is 9.53 Å². The van der Waals surface area contributed by atoms with Crippen LogP contribution in [0.25, 0.3) is 0 Å². The van der Waals surface area contributed by atoms with Crippen LogP contribution in [0.15, 0.2) is 35.4 Å². The number of hydrogen-bond donors (Lipinski definition) is 0. The van der Waals surface area contributed by atoms with Crippen LogP contribution in [0.5, 0.6) is 0 Å². The lowest BCUT2D eigenvalue weighted by atomic mass is 9.86. The summed E-state index contributed by atoms with van der Waals surface area (Å²) in [5.74, 6) is 0.225. The molecule has 0 N–H and O–H groups in total.